The molecule has 4 nitrogen and oxygen atoms in total. The van der Waals surface area contributed by atoms with Crippen LogP contribution in [0.5, 0.6) is 0 Å². The van der Waals surface area contributed by atoms with Crippen molar-refractivity contribution in [3.63, 3.8) is 0 Å². The molecule has 0 bridgehead atoms. The number of carbonyl (C=O) groups is 1. The van der Waals surface area contributed by atoms with Gasteiger partial charge in [-0.25, -0.2) is 4.79 Å². The number of ether oxygens (including phenoxy) is 1. The van der Waals surface area contributed by atoms with E-state index in [1.165, 1.54) is 12.8 Å². The van der Waals surface area contributed by atoms with Crippen molar-refractivity contribution in [2.75, 3.05) is 26.2 Å². The highest BCUT2D eigenvalue weighted by Gasteiger charge is 2.32. The van der Waals surface area contributed by atoms with Gasteiger partial charge in [0.2, 0.25) is 0 Å². The fourth-order valence-electron chi connectivity index (χ4n) is 3.61. The Hall–Kier alpha value is -0.970. The number of nitrogens with zero attached hydrogens (tertiary/aromatic N) is 2. The Kier molecular flexibility index (Phi) is 7.29. The summed E-state index contributed by atoms with van der Waals surface area (Å²) >= 11 is 12.6. The van der Waals surface area contributed by atoms with E-state index in [-0.39, 0.29) is 6.09 Å². The summed E-state index contributed by atoms with van der Waals surface area (Å²) < 4.78 is 5.38. The second-order valence-electron chi connectivity index (χ2n) is 8.27. The molecule has 1 aliphatic carbocycles. The molecule has 2 aliphatic rings. The number of hydrogen-bond donors (Lipinski definition) is 0. The third-order valence-electron chi connectivity index (χ3n) is 5.37. The second kappa shape index (κ2) is 9.49. The molecule has 150 valence electrons. The van der Waals surface area contributed by atoms with Gasteiger partial charge < -0.3 is 9.64 Å². The first-order valence-electron chi connectivity index (χ1n) is 10.0. The molecule has 0 N–H and O–H groups in total. The van der Waals surface area contributed by atoms with Crippen LogP contribution in [-0.2, 0) is 11.3 Å². The van der Waals surface area contributed by atoms with Crippen molar-refractivity contribution in [3.05, 3.63) is 33.8 Å². The van der Waals surface area contributed by atoms with Gasteiger partial charge >= 0.3 is 6.09 Å². The van der Waals surface area contributed by atoms with E-state index in [9.17, 15) is 4.79 Å². The molecule has 6 heteroatoms. The summed E-state index contributed by atoms with van der Waals surface area (Å²) in [6.07, 6.45) is 4.41. The standard InChI is InChI=1S/C21H30Cl2N2O2/c1-15(2)14-27-21(26)24-10-8-18(9-11-24)25(12-16-6-7-16)13-17-4-3-5-19(22)20(17)23/h3-5,15-16,18H,6-14H2,1-2H3. The van der Waals surface area contributed by atoms with Crippen molar-refractivity contribution in [2.24, 2.45) is 11.8 Å². The van der Waals surface area contributed by atoms with Crippen LogP contribution in [0.1, 0.15) is 45.1 Å². The minimum Gasteiger partial charge on any atom is -0.449 e. The molecule has 1 saturated heterocycles. The first kappa shape index (κ1) is 20.8. The number of piperidine rings is 1. The molecule has 0 spiro atoms. The van der Waals surface area contributed by atoms with E-state index in [0.717, 1.165) is 50.5 Å². The normalized spacial score (nSPS) is 18.4. The molecule has 1 aromatic carbocycles. The van der Waals surface area contributed by atoms with Crippen LogP contribution in [0.15, 0.2) is 18.2 Å². The smallest absolute Gasteiger partial charge is 0.409 e. The van der Waals surface area contributed by atoms with Gasteiger partial charge in [0.15, 0.2) is 0 Å². The monoisotopic (exact) mass is 412 g/mol. The first-order chi connectivity index (χ1) is 12.9. The second-order valence-corrected chi connectivity index (χ2v) is 9.06. The van der Waals surface area contributed by atoms with Crippen LogP contribution in [0.3, 0.4) is 0 Å². The Balaban J connectivity index is 1.58. The number of carbonyl (C=O) groups excluding carboxylic acids is 1. The first-order valence-corrected chi connectivity index (χ1v) is 10.8. The highest BCUT2D eigenvalue weighted by Crippen LogP contribution is 2.34. The molecule has 1 saturated carbocycles. The quantitative estimate of drug-likeness (QED) is 0.595. The van der Waals surface area contributed by atoms with Crippen molar-refractivity contribution < 1.29 is 9.53 Å². The number of amides is 1. The predicted octanol–water partition coefficient (Wildman–Crippen LogP) is 5.46. The van der Waals surface area contributed by atoms with Crippen LogP contribution in [0.4, 0.5) is 4.79 Å². The summed E-state index contributed by atoms with van der Waals surface area (Å²) in [5.74, 6) is 1.17. The average molecular weight is 413 g/mol. The van der Waals surface area contributed by atoms with E-state index >= 15 is 0 Å². The van der Waals surface area contributed by atoms with E-state index in [0.29, 0.717) is 28.6 Å². The summed E-state index contributed by atoms with van der Waals surface area (Å²) in [5.41, 5.74) is 1.09. The van der Waals surface area contributed by atoms with Gasteiger partial charge in [0.05, 0.1) is 16.7 Å². The molecule has 27 heavy (non-hydrogen) atoms. The molecule has 0 unspecified atom stereocenters. The zero-order valence-corrected chi connectivity index (χ0v) is 17.8. The minimum absolute atomic E-state index is 0.172. The lowest BCUT2D eigenvalue weighted by atomic mass is 10.0. The van der Waals surface area contributed by atoms with Gasteiger partial charge in [0.1, 0.15) is 0 Å². The van der Waals surface area contributed by atoms with Crippen LogP contribution < -0.4 is 0 Å². The number of halogens is 2. The molecular weight excluding hydrogens is 383 g/mol. The molecule has 0 atom stereocenters. The zero-order valence-electron chi connectivity index (χ0n) is 16.3. The van der Waals surface area contributed by atoms with E-state index in [4.69, 9.17) is 27.9 Å². The fourth-order valence-corrected chi connectivity index (χ4v) is 3.99. The molecule has 0 aromatic heterocycles. The van der Waals surface area contributed by atoms with Gasteiger partial charge in [-0.1, -0.05) is 49.2 Å². The van der Waals surface area contributed by atoms with E-state index < -0.39 is 0 Å². The van der Waals surface area contributed by atoms with Crippen LogP contribution in [0.25, 0.3) is 0 Å². The van der Waals surface area contributed by atoms with Crippen molar-refractivity contribution in [3.8, 4) is 0 Å². The summed E-state index contributed by atoms with van der Waals surface area (Å²) in [5, 5.41) is 1.28. The topological polar surface area (TPSA) is 32.8 Å². The van der Waals surface area contributed by atoms with Crippen molar-refractivity contribution in [1.82, 2.24) is 9.80 Å². The largest absolute Gasteiger partial charge is 0.449 e. The van der Waals surface area contributed by atoms with Gasteiger partial charge in [-0.3, -0.25) is 4.90 Å². The predicted molar refractivity (Wildman–Crippen MR) is 110 cm³/mol. The summed E-state index contributed by atoms with van der Waals surface area (Å²) in [6, 6.07) is 6.33. The average Bonchev–Trinajstić information content (AvgIpc) is 3.47. The third-order valence-corrected chi connectivity index (χ3v) is 6.23. The summed E-state index contributed by atoms with van der Waals surface area (Å²) in [6.45, 7) is 8.02. The van der Waals surface area contributed by atoms with Gasteiger partial charge in [-0.05, 0) is 49.1 Å². The van der Waals surface area contributed by atoms with E-state index in [1.54, 1.807) is 0 Å². The number of rotatable bonds is 7. The summed E-state index contributed by atoms with van der Waals surface area (Å²) in [7, 11) is 0. The molecule has 1 amide bonds. The fraction of sp³-hybridized carbons (Fsp3) is 0.667. The van der Waals surface area contributed by atoms with Crippen LogP contribution in [-0.4, -0.2) is 48.2 Å². The van der Waals surface area contributed by atoms with Crippen molar-refractivity contribution in [1.29, 1.82) is 0 Å². The van der Waals surface area contributed by atoms with Crippen LogP contribution >= 0.6 is 23.2 Å². The Morgan fingerprint density at radius 2 is 1.93 bits per heavy atom. The van der Waals surface area contributed by atoms with E-state index in [2.05, 4.69) is 24.8 Å². The summed E-state index contributed by atoms with van der Waals surface area (Å²) in [4.78, 5) is 16.6. The zero-order chi connectivity index (χ0) is 19.4. The molecule has 1 heterocycles. The lowest BCUT2D eigenvalue weighted by Crippen LogP contribution is -2.47. The number of likely N-dealkylation sites (tertiary alicyclic amines) is 1. The Morgan fingerprint density at radius 1 is 1.22 bits per heavy atom. The lowest BCUT2D eigenvalue weighted by molar-refractivity contribution is 0.0625. The third kappa shape index (κ3) is 6.00. The molecule has 2 fully saturated rings. The Morgan fingerprint density at radius 3 is 2.56 bits per heavy atom. The highest BCUT2D eigenvalue weighted by molar-refractivity contribution is 6.42. The van der Waals surface area contributed by atoms with Crippen LogP contribution in [0, 0.1) is 11.8 Å². The van der Waals surface area contributed by atoms with Crippen molar-refractivity contribution in [2.45, 2.75) is 52.1 Å². The maximum Gasteiger partial charge on any atom is 0.409 e. The molecule has 3 rings (SSSR count). The van der Waals surface area contributed by atoms with Gasteiger partial charge in [-0.15, -0.1) is 0 Å². The van der Waals surface area contributed by atoms with Gasteiger partial charge in [0, 0.05) is 32.2 Å². The SMILES string of the molecule is CC(C)COC(=O)N1CCC(N(Cc2cccc(Cl)c2Cl)CC2CC2)CC1. The maximum atomic E-state index is 12.2. The molecular formula is C21H30Cl2N2O2. The molecule has 1 aliphatic heterocycles. The van der Waals surface area contributed by atoms with Gasteiger partial charge in [0.25, 0.3) is 0 Å². The lowest BCUT2D eigenvalue weighted by Gasteiger charge is -2.38. The highest BCUT2D eigenvalue weighted by atomic mass is 35.5. The maximum absolute atomic E-state index is 12.2. The van der Waals surface area contributed by atoms with E-state index in [1.807, 2.05) is 17.0 Å². The Labute approximate surface area is 172 Å². The molecule has 0 radical (unpaired) electrons. The number of benzene rings is 1. The minimum atomic E-state index is -0.172. The van der Waals surface area contributed by atoms with Gasteiger partial charge in [-0.2, -0.15) is 0 Å². The van der Waals surface area contributed by atoms with Crippen LogP contribution in [0.2, 0.25) is 10.0 Å². The van der Waals surface area contributed by atoms with Crippen molar-refractivity contribution >= 4 is 29.3 Å². The molecule has 1 aromatic rings. The Bertz CT molecular complexity index is 641. The number of hydrogen-bond acceptors (Lipinski definition) is 3.